The molecule has 0 aliphatic heterocycles. The van der Waals surface area contributed by atoms with Crippen molar-refractivity contribution in [3.05, 3.63) is 59.6 Å². The van der Waals surface area contributed by atoms with Crippen molar-refractivity contribution in [1.29, 1.82) is 0 Å². The summed E-state index contributed by atoms with van der Waals surface area (Å²) in [6, 6.07) is 16.9. The Kier molecular flexibility index (Phi) is 5.96. The highest BCUT2D eigenvalue weighted by Crippen LogP contribution is 2.28. The summed E-state index contributed by atoms with van der Waals surface area (Å²) in [6.07, 6.45) is 0. The van der Waals surface area contributed by atoms with E-state index in [0.717, 1.165) is 17.1 Å². The predicted octanol–water partition coefficient (Wildman–Crippen LogP) is 4.74. The van der Waals surface area contributed by atoms with Crippen LogP contribution in [-0.2, 0) is 11.3 Å². The molecule has 0 fully saturated rings. The van der Waals surface area contributed by atoms with Crippen molar-refractivity contribution >= 4 is 35.0 Å². The van der Waals surface area contributed by atoms with E-state index in [9.17, 15) is 4.79 Å². The Bertz CT molecular complexity index is 880. The van der Waals surface area contributed by atoms with Gasteiger partial charge in [0, 0.05) is 22.8 Å². The number of hydrogen-bond acceptors (Lipinski definition) is 4. The molecule has 0 spiro atoms. The van der Waals surface area contributed by atoms with E-state index >= 15 is 0 Å². The highest BCUT2D eigenvalue weighted by molar-refractivity contribution is 8.00. The minimum Gasteiger partial charge on any atom is -0.325 e. The predicted molar refractivity (Wildman–Crippen MR) is 107 cm³/mol. The zero-order chi connectivity index (χ0) is 18.5. The Balaban J connectivity index is 1.75. The smallest absolute Gasteiger partial charge is 0.237 e. The number of hydrogen-bond donors (Lipinski definition) is 1. The number of benzene rings is 2. The maximum absolute atomic E-state index is 12.4. The highest BCUT2D eigenvalue weighted by Gasteiger charge is 2.20. The summed E-state index contributed by atoms with van der Waals surface area (Å²) >= 11 is 7.35. The number of nitrogens with zero attached hydrogens (tertiary/aromatic N) is 3. The summed E-state index contributed by atoms with van der Waals surface area (Å²) in [5, 5.41) is 12.6. The molecule has 26 heavy (non-hydrogen) atoms. The van der Waals surface area contributed by atoms with Crippen LogP contribution in [0.15, 0.2) is 59.8 Å². The van der Waals surface area contributed by atoms with Gasteiger partial charge in [0.05, 0.1) is 5.25 Å². The van der Waals surface area contributed by atoms with Crippen molar-refractivity contribution in [3.63, 3.8) is 0 Å². The Hall–Kier alpha value is -2.31. The van der Waals surface area contributed by atoms with Crippen LogP contribution in [0.3, 0.4) is 0 Å². The molecule has 0 saturated carbocycles. The lowest BCUT2D eigenvalue weighted by Crippen LogP contribution is -2.22. The van der Waals surface area contributed by atoms with E-state index in [-0.39, 0.29) is 11.2 Å². The van der Waals surface area contributed by atoms with Gasteiger partial charge in [-0.15, -0.1) is 10.2 Å². The number of anilines is 1. The minimum atomic E-state index is -0.303. The minimum absolute atomic E-state index is 0.0695. The molecule has 3 aromatic rings. The zero-order valence-electron chi connectivity index (χ0n) is 14.5. The van der Waals surface area contributed by atoms with Crippen molar-refractivity contribution in [2.75, 3.05) is 5.32 Å². The normalized spacial score (nSPS) is 12.0. The summed E-state index contributed by atoms with van der Waals surface area (Å²) in [5.74, 6) is 0.697. The maximum Gasteiger partial charge on any atom is 0.237 e. The van der Waals surface area contributed by atoms with Crippen LogP contribution in [-0.4, -0.2) is 25.9 Å². The number of rotatable bonds is 6. The van der Waals surface area contributed by atoms with E-state index in [1.807, 2.05) is 73.0 Å². The van der Waals surface area contributed by atoms with Gasteiger partial charge in [0.15, 0.2) is 11.0 Å². The van der Waals surface area contributed by atoms with E-state index in [1.165, 1.54) is 11.8 Å². The van der Waals surface area contributed by atoms with Crippen LogP contribution in [0.2, 0.25) is 5.02 Å². The average molecular weight is 387 g/mol. The van der Waals surface area contributed by atoms with Crippen LogP contribution in [0, 0.1) is 0 Å². The van der Waals surface area contributed by atoms with E-state index in [4.69, 9.17) is 11.6 Å². The molecular weight excluding hydrogens is 368 g/mol. The Morgan fingerprint density at radius 2 is 1.85 bits per heavy atom. The standard InChI is InChI=1S/C19H19ClN4OS/c1-3-24-17(14-9-11-15(20)12-10-14)22-23-19(24)26-13(2)18(25)21-16-7-5-4-6-8-16/h4-13H,3H2,1-2H3,(H,21,25)/t13-/m0/s1. The fourth-order valence-corrected chi connectivity index (χ4v) is 3.49. The van der Waals surface area contributed by atoms with Crippen LogP contribution in [0.5, 0.6) is 0 Å². The van der Waals surface area contributed by atoms with Crippen molar-refractivity contribution in [2.24, 2.45) is 0 Å². The van der Waals surface area contributed by atoms with Gasteiger partial charge in [-0.3, -0.25) is 4.79 Å². The topological polar surface area (TPSA) is 59.8 Å². The molecule has 0 aliphatic rings. The first-order valence-electron chi connectivity index (χ1n) is 8.30. The van der Waals surface area contributed by atoms with Gasteiger partial charge >= 0.3 is 0 Å². The lowest BCUT2D eigenvalue weighted by molar-refractivity contribution is -0.115. The highest BCUT2D eigenvalue weighted by atomic mass is 35.5. The zero-order valence-corrected chi connectivity index (χ0v) is 16.1. The Labute approximate surface area is 161 Å². The first-order valence-corrected chi connectivity index (χ1v) is 9.56. The Morgan fingerprint density at radius 1 is 1.15 bits per heavy atom. The van der Waals surface area contributed by atoms with E-state index < -0.39 is 0 Å². The molecule has 0 radical (unpaired) electrons. The van der Waals surface area contributed by atoms with E-state index in [1.54, 1.807) is 0 Å². The largest absolute Gasteiger partial charge is 0.325 e. The van der Waals surface area contributed by atoms with E-state index in [0.29, 0.717) is 16.7 Å². The van der Waals surface area contributed by atoms with Gasteiger partial charge in [0.25, 0.3) is 0 Å². The van der Waals surface area contributed by atoms with Crippen LogP contribution >= 0.6 is 23.4 Å². The molecule has 7 heteroatoms. The van der Waals surface area contributed by atoms with Gasteiger partial charge in [-0.1, -0.05) is 41.6 Å². The fourth-order valence-electron chi connectivity index (χ4n) is 2.45. The number of carbonyl (C=O) groups is 1. The van der Waals surface area contributed by atoms with Gasteiger partial charge in [-0.2, -0.15) is 0 Å². The number of carbonyl (C=O) groups excluding carboxylic acids is 1. The maximum atomic E-state index is 12.4. The van der Waals surface area contributed by atoms with Gasteiger partial charge in [-0.25, -0.2) is 0 Å². The second kappa shape index (κ2) is 8.38. The van der Waals surface area contributed by atoms with Crippen LogP contribution in [0.1, 0.15) is 13.8 Å². The molecule has 1 aromatic heterocycles. The van der Waals surface area contributed by atoms with E-state index in [2.05, 4.69) is 15.5 Å². The van der Waals surface area contributed by atoms with Crippen molar-refractivity contribution in [2.45, 2.75) is 30.8 Å². The molecule has 0 unspecified atom stereocenters. The fraction of sp³-hybridized carbons (Fsp3) is 0.211. The van der Waals surface area contributed by atoms with Crippen molar-refractivity contribution in [1.82, 2.24) is 14.8 Å². The third-order valence-corrected chi connectivity index (χ3v) is 5.16. The molecule has 0 bridgehead atoms. The van der Waals surface area contributed by atoms with Gasteiger partial charge in [-0.05, 0) is 50.2 Å². The quantitative estimate of drug-likeness (QED) is 0.622. The third-order valence-electron chi connectivity index (χ3n) is 3.83. The van der Waals surface area contributed by atoms with Crippen LogP contribution < -0.4 is 5.32 Å². The molecule has 3 rings (SSSR count). The average Bonchev–Trinajstić information content (AvgIpc) is 3.05. The monoisotopic (exact) mass is 386 g/mol. The number of halogens is 1. The number of amides is 1. The molecule has 1 heterocycles. The second-order valence-electron chi connectivity index (χ2n) is 5.67. The molecule has 1 atom stereocenters. The molecule has 5 nitrogen and oxygen atoms in total. The molecule has 0 aliphatic carbocycles. The number of aromatic nitrogens is 3. The first-order chi connectivity index (χ1) is 12.6. The lowest BCUT2D eigenvalue weighted by Gasteiger charge is -2.12. The summed E-state index contributed by atoms with van der Waals surface area (Å²) in [5.41, 5.74) is 1.72. The number of thioether (sulfide) groups is 1. The lowest BCUT2D eigenvalue weighted by atomic mass is 10.2. The summed E-state index contributed by atoms with van der Waals surface area (Å²) in [6.45, 7) is 4.60. The molecule has 0 saturated heterocycles. The summed E-state index contributed by atoms with van der Waals surface area (Å²) in [7, 11) is 0. The summed E-state index contributed by atoms with van der Waals surface area (Å²) < 4.78 is 2.00. The third kappa shape index (κ3) is 4.26. The second-order valence-corrected chi connectivity index (χ2v) is 7.42. The number of para-hydroxylation sites is 1. The van der Waals surface area contributed by atoms with Crippen LogP contribution in [0.25, 0.3) is 11.4 Å². The van der Waals surface area contributed by atoms with Crippen LogP contribution in [0.4, 0.5) is 5.69 Å². The summed E-state index contributed by atoms with van der Waals surface area (Å²) in [4.78, 5) is 12.4. The molecule has 1 amide bonds. The first kappa shape index (κ1) is 18.5. The molecular formula is C19H19ClN4OS. The van der Waals surface area contributed by atoms with Gasteiger partial charge in [0.1, 0.15) is 0 Å². The molecule has 2 aromatic carbocycles. The molecule has 134 valence electrons. The molecule has 1 N–H and O–H groups in total. The number of nitrogens with one attached hydrogen (secondary N) is 1. The van der Waals surface area contributed by atoms with Crippen molar-refractivity contribution < 1.29 is 4.79 Å². The van der Waals surface area contributed by atoms with Gasteiger partial charge in [0.2, 0.25) is 5.91 Å². The van der Waals surface area contributed by atoms with Gasteiger partial charge < -0.3 is 9.88 Å². The Morgan fingerprint density at radius 3 is 2.50 bits per heavy atom. The SMILES string of the molecule is CCn1c(S[C@@H](C)C(=O)Nc2ccccc2)nnc1-c1ccc(Cl)cc1. The van der Waals surface area contributed by atoms with Crippen molar-refractivity contribution in [3.8, 4) is 11.4 Å².